The Morgan fingerprint density at radius 2 is 2.08 bits per heavy atom. The third kappa shape index (κ3) is 2.26. The van der Waals surface area contributed by atoms with Gasteiger partial charge in [-0.15, -0.1) is 0 Å². The van der Waals surface area contributed by atoms with Gasteiger partial charge in [-0.05, 0) is 25.1 Å². The molecule has 2 aliphatic heterocycles. The monoisotopic (exact) mass is 335 g/mol. The second-order valence-electron chi connectivity index (χ2n) is 6.85. The van der Waals surface area contributed by atoms with Gasteiger partial charge in [0.05, 0.1) is 5.69 Å². The number of hydrogen-bond donors (Lipinski definition) is 1. The largest absolute Gasteiger partial charge is 0.384 e. The van der Waals surface area contributed by atoms with Gasteiger partial charge in [-0.25, -0.2) is 15.0 Å². The quantitative estimate of drug-likeness (QED) is 0.784. The number of hydrogen-bond acceptors (Lipinski definition) is 6. The van der Waals surface area contributed by atoms with Gasteiger partial charge in [0.15, 0.2) is 0 Å². The molecule has 2 fully saturated rings. The summed E-state index contributed by atoms with van der Waals surface area (Å²) in [5.74, 6) is 1.48. The standard InChI is InChI=1S/C18H21N7/c1-2-23-10-14-8-13(23)11-25(14)18-22-15(9-17-21-5-6-24(17)18)12-3-4-20-16(19)7-12/h3-7,9,13-14H,2,8,10-11H2,1H3,(H2,19,20). The topological polar surface area (TPSA) is 75.6 Å². The van der Waals surface area contributed by atoms with Crippen molar-refractivity contribution in [3.05, 3.63) is 36.8 Å². The zero-order valence-electron chi connectivity index (χ0n) is 14.2. The highest BCUT2D eigenvalue weighted by Crippen LogP contribution is 2.34. The van der Waals surface area contributed by atoms with Crippen molar-refractivity contribution in [3.63, 3.8) is 0 Å². The number of nitrogens with zero attached hydrogens (tertiary/aromatic N) is 6. The Labute approximate surface area is 146 Å². The van der Waals surface area contributed by atoms with E-state index in [1.165, 1.54) is 6.42 Å². The van der Waals surface area contributed by atoms with E-state index in [-0.39, 0.29) is 0 Å². The molecular formula is C18H21N7. The first-order valence-corrected chi connectivity index (χ1v) is 8.79. The number of anilines is 2. The summed E-state index contributed by atoms with van der Waals surface area (Å²) in [5.41, 5.74) is 8.62. The van der Waals surface area contributed by atoms with Crippen molar-refractivity contribution in [2.75, 3.05) is 30.3 Å². The van der Waals surface area contributed by atoms with Crippen LogP contribution in [0.2, 0.25) is 0 Å². The van der Waals surface area contributed by atoms with Crippen LogP contribution in [0.1, 0.15) is 13.3 Å². The molecule has 0 aliphatic carbocycles. The molecule has 0 aromatic carbocycles. The molecule has 0 radical (unpaired) electrons. The lowest BCUT2D eigenvalue weighted by Gasteiger charge is -2.34. The van der Waals surface area contributed by atoms with Crippen LogP contribution < -0.4 is 10.6 Å². The molecule has 0 saturated carbocycles. The van der Waals surface area contributed by atoms with Crippen LogP contribution in [-0.2, 0) is 0 Å². The molecule has 2 saturated heterocycles. The number of imidazole rings is 1. The Hall–Kier alpha value is -2.67. The average Bonchev–Trinajstić information content (AvgIpc) is 3.35. The lowest BCUT2D eigenvalue weighted by atomic mass is 10.2. The molecule has 5 heterocycles. The predicted molar refractivity (Wildman–Crippen MR) is 97.4 cm³/mol. The molecule has 3 aromatic heterocycles. The van der Waals surface area contributed by atoms with E-state index in [9.17, 15) is 0 Å². The Bertz CT molecular complexity index is 934. The summed E-state index contributed by atoms with van der Waals surface area (Å²) in [6.45, 7) is 5.51. The minimum absolute atomic E-state index is 0.503. The number of aromatic nitrogens is 4. The molecule has 128 valence electrons. The van der Waals surface area contributed by atoms with E-state index in [2.05, 4.69) is 31.1 Å². The first-order valence-electron chi connectivity index (χ1n) is 8.79. The van der Waals surface area contributed by atoms with E-state index >= 15 is 0 Å². The van der Waals surface area contributed by atoms with E-state index in [4.69, 9.17) is 10.7 Å². The van der Waals surface area contributed by atoms with Crippen LogP contribution in [0.3, 0.4) is 0 Å². The number of piperazine rings is 1. The molecule has 2 bridgehead atoms. The number of rotatable bonds is 3. The van der Waals surface area contributed by atoms with Gasteiger partial charge >= 0.3 is 0 Å². The molecule has 7 heteroatoms. The molecule has 7 nitrogen and oxygen atoms in total. The molecule has 3 aromatic rings. The molecule has 2 atom stereocenters. The zero-order valence-corrected chi connectivity index (χ0v) is 14.2. The van der Waals surface area contributed by atoms with Gasteiger partial charge in [-0.2, -0.15) is 0 Å². The number of nitrogen functional groups attached to an aromatic ring is 1. The second-order valence-corrected chi connectivity index (χ2v) is 6.85. The van der Waals surface area contributed by atoms with Gasteiger partial charge in [0.25, 0.3) is 0 Å². The molecule has 25 heavy (non-hydrogen) atoms. The molecule has 5 rings (SSSR count). The summed E-state index contributed by atoms with van der Waals surface area (Å²) >= 11 is 0. The molecular weight excluding hydrogens is 314 g/mol. The van der Waals surface area contributed by atoms with E-state index in [0.717, 1.165) is 42.5 Å². The van der Waals surface area contributed by atoms with Crippen LogP contribution in [0.15, 0.2) is 36.8 Å². The van der Waals surface area contributed by atoms with Crippen LogP contribution in [-0.4, -0.2) is 56.0 Å². The maximum Gasteiger partial charge on any atom is 0.212 e. The Morgan fingerprint density at radius 3 is 2.84 bits per heavy atom. The van der Waals surface area contributed by atoms with Gasteiger partial charge < -0.3 is 10.6 Å². The van der Waals surface area contributed by atoms with E-state index in [1.54, 1.807) is 6.20 Å². The van der Waals surface area contributed by atoms with E-state index < -0.39 is 0 Å². The van der Waals surface area contributed by atoms with Crippen LogP contribution >= 0.6 is 0 Å². The first kappa shape index (κ1) is 14.7. The molecule has 2 N–H and O–H groups in total. The first-order chi connectivity index (χ1) is 12.2. The fourth-order valence-corrected chi connectivity index (χ4v) is 4.25. The summed E-state index contributed by atoms with van der Waals surface area (Å²) in [5, 5.41) is 0. The zero-order chi connectivity index (χ0) is 17.0. The smallest absolute Gasteiger partial charge is 0.212 e. The molecule has 0 amide bonds. The van der Waals surface area contributed by atoms with Gasteiger partial charge in [0.2, 0.25) is 5.95 Å². The van der Waals surface area contributed by atoms with E-state index in [0.29, 0.717) is 17.9 Å². The SMILES string of the molecule is CCN1CC2CC1CN2c1nc(-c2ccnc(N)c2)cc2nccn12. The average molecular weight is 335 g/mol. The number of fused-ring (bicyclic) bond motifs is 3. The van der Waals surface area contributed by atoms with Crippen LogP contribution in [0.25, 0.3) is 16.9 Å². The maximum absolute atomic E-state index is 5.85. The summed E-state index contributed by atoms with van der Waals surface area (Å²) in [6.07, 6.45) is 6.76. The van der Waals surface area contributed by atoms with Gasteiger partial charge in [0.1, 0.15) is 11.5 Å². The highest BCUT2D eigenvalue weighted by atomic mass is 15.4. The second kappa shape index (κ2) is 5.42. The highest BCUT2D eigenvalue weighted by molar-refractivity contribution is 5.68. The number of nitrogens with two attached hydrogens (primary N) is 1. The minimum Gasteiger partial charge on any atom is -0.384 e. The lowest BCUT2D eigenvalue weighted by Crippen LogP contribution is -2.47. The molecule has 2 aliphatic rings. The van der Waals surface area contributed by atoms with Crippen molar-refractivity contribution in [2.24, 2.45) is 0 Å². The maximum atomic E-state index is 5.85. The molecule has 2 unspecified atom stereocenters. The predicted octanol–water partition coefficient (Wildman–Crippen LogP) is 1.66. The Kier molecular flexibility index (Phi) is 3.18. The number of pyridine rings is 1. The summed E-state index contributed by atoms with van der Waals surface area (Å²) < 4.78 is 2.09. The number of likely N-dealkylation sites (tertiary alicyclic amines) is 1. The van der Waals surface area contributed by atoms with Crippen LogP contribution in [0.4, 0.5) is 11.8 Å². The fraction of sp³-hybridized carbons (Fsp3) is 0.389. The third-order valence-electron chi connectivity index (χ3n) is 5.47. The summed E-state index contributed by atoms with van der Waals surface area (Å²) in [7, 11) is 0. The van der Waals surface area contributed by atoms with Crippen molar-refractivity contribution < 1.29 is 0 Å². The van der Waals surface area contributed by atoms with Crippen molar-refractivity contribution >= 4 is 17.4 Å². The minimum atomic E-state index is 0.503. The molecule has 0 spiro atoms. The summed E-state index contributed by atoms with van der Waals surface area (Å²) in [4.78, 5) is 18.6. The van der Waals surface area contributed by atoms with E-state index in [1.807, 2.05) is 30.6 Å². The van der Waals surface area contributed by atoms with Crippen molar-refractivity contribution in [1.82, 2.24) is 24.3 Å². The highest BCUT2D eigenvalue weighted by Gasteiger charge is 2.43. The van der Waals surface area contributed by atoms with Crippen LogP contribution in [0, 0.1) is 0 Å². The lowest BCUT2D eigenvalue weighted by molar-refractivity contribution is 0.250. The van der Waals surface area contributed by atoms with Crippen molar-refractivity contribution in [1.29, 1.82) is 0 Å². The van der Waals surface area contributed by atoms with Gasteiger partial charge in [-0.3, -0.25) is 9.30 Å². The van der Waals surface area contributed by atoms with Crippen molar-refractivity contribution in [3.8, 4) is 11.3 Å². The normalized spacial score (nSPS) is 23.0. The fourth-order valence-electron chi connectivity index (χ4n) is 4.25. The van der Waals surface area contributed by atoms with Crippen LogP contribution in [0.5, 0.6) is 0 Å². The number of likely N-dealkylation sites (N-methyl/N-ethyl adjacent to an activating group) is 1. The van der Waals surface area contributed by atoms with Gasteiger partial charge in [0, 0.05) is 55.4 Å². The third-order valence-corrected chi connectivity index (χ3v) is 5.47. The summed E-state index contributed by atoms with van der Waals surface area (Å²) in [6, 6.07) is 6.97. The van der Waals surface area contributed by atoms with Crippen molar-refractivity contribution in [2.45, 2.75) is 25.4 Å². The van der Waals surface area contributed by atoms with Gasteiger partial charge in [-0.1, -0.05) is 6.92 Å². The Morgan fingerprint density at radius 1 is 1.16 bits per heavy atom. The Balaban J connectivity index is 1.60.